The van der Waals surface area contributed by atoms with Crippen molar-refractivity contribution in [2.24, 2.45) is 0 Å². The SMILES string of the molecule is Cc1cc(OC2CCNCC2)ccc1-c1cccc2c1CN(C1CCC(=O)NC1=O)C2=O. The second kappa shape index (κ2) is 8.39. The molecule has 0 spiro atoms. The minimum absolute atomic E-state index is 0.153. The fourth-order valence-electron chi connectivity index (χ4n) is 4.96. The van der Waals surface area contributed by atoms with Crippen LogP contribution in [0.3, 0.4) is 0 Å². The number of aryl methyl sites for hydroxylation is 1. The number of nitrogens with one attached hydrogen (secondary N) is 2. The molecule has 5 rings (SSSR count). The van der Waals surface area contributed by atoms with E-state index < -0.39 is 6.04 Å². The first kappa shape index (κ1) is 20.7. The highest BCUT2D eigenvalue weighted by molar-refractivity contribution is 6.06. The van der Waals surface area contributed by atoms with Gasteiger partial charge in [0.2, 0.25) is 11.8 Å². The normalized spacial score (nSPS) is 21.5. The molecule has 7 nitrogen and oxygen atoms in total. The van der Waals surface area contributed by atoms with Gasteiger partial charge in [-0.15, -0.1) is 0 Å². The van der Waals surface area contributed by atoms with Crippen LogP contribution in [0.1, 0.15) is 47.2 Å². The molecule has 2 saturated heterocycles. The molecule has 2 aromatic carbocycles. The van der Waals surface area contributed by atoms with Gasteiger partial charge in [0.25, 0.3) is 5.91 Å². The highest BCUT2D eigenvalue weighted by Gasteiger charge is 2.39. The minimum atomic E-state index is -0.609. The molecule has 3 amide bonds. The number of piperidine rings is 2. The Morgan fingerprint density at radius 1 is 0.969 bits per heavy atom. The van der Waals surface area contributed by atoms with Crippen molar-refractivity contribution in [1.82, 2.24) is 15.5 Å². The van der Waals surface area contributed by atoms with Crippen LogP contribution in [0.25, 0.3) is 11.1 Å². The number of nitrogens with zero attached hydrogens (tertiary/aromatic N) is 1. The van der Waals surface area contributed by atoms with Crippen LogP contribution < -0.4 is 15.4 Å². The number of carbonyl (C=O) groups excluding carboxylic acids is 3. The fraction of sp³-hybridized carbons (Fsp3) is 0.400. The van der Waals surface area contributed by atoms with Gasteiger partial charge >= 0.3 is 0 Å². The minimum Gasteiger partial charge on any atom is -0.490 e. The van der Waals surface area contributed by atoms with Gasteiger partial charge in [-0.1, -0.05) is 18.2 Å². The molecule has 3 heterocycles. The van der Waals surface area contributed by atoms with E-state index in [2.05, 4.69) is 29.7 Å². The molecule has 1 unspecified atom stereocenters. The molecule has 7 heteroatoms. The predicted octanol–water partition coefficient (Wildman–Crippen LogP) is 2.55. The number of amides is 3. The van der Waals surface area contributed by atoms with Crippen molar-refractivity contribution in [1.29, 1.82) is 0 Å². The zero-order chi connectivity index (χ0) is 22.2. The number of hydrogen-bond donors (Lipinski definition) is 2. The van der Waals surface area contributed by atoms with E-state index >= 15 is 0 Å². The van der Waals surface area contributed by atoms with E-state index in [-0.39, 0.29) is 30.2 Å². The third-order valence-electron chi connectivity index (χ3n) is 6.66. The lowest BCUT2D eigenvalue weighted by Gasteiger charge is -2.29. The van der Waals surface area contributed by atoms with Gasteiger partial charge in [-0.2, -0.15) is 0 Å². The Bertz CT molecular complexity index is 1090. The molecule has 2 aromatic rings. The van der Waals surface area contributed by atoms with Gasteiger partial charge < -0.3 is 15.0 Å². The first-order valence-electron chi connectivity index (χ1n) is 11.3. The molecule has 2 N–H and O–H groups in total. The smallest absolute Gasteiger partial charge is 0.255 e. The molecule has 0 aromatic heterocycles. The van der Waals surface area contributed by atoms with E-state index in [1.54, 1.807) is 4.90 Å². The van der Waals surface area contributed by atoms with Crippen molar-refractivity contribution in [2.75, 3.05) is 13.1 Å². The first-order chi connectivity index (χ1) is 15.5. The zero-order valence-corrected chi connectivity index (χ0v) is 18.1. The molecule has 2 fully saturated rings. The van der Waals surface area contributed by atoms with Crippen molar-refractivity contribution >= 4 is 17.7 Å². The molecule has 0 radical (unpaired) electrons. The molecule has 166 valence electrons. The van der Waals surface area contributed by atoms with Crippen molar-refractivity contribution in [2.45, 2.75) is 51.3 Å². The third-order valence-corrected chi connectivity index (χ3v) is 6.66. The van der Waals surface area contributed by atoms with Crippen LogP contribution in [0.2, 0.25) is 0 Å². The quantitative estimate of drug-likeness (QED) is 0.724. The molecule has 1 atom stereocenters. The number of benzene rings is 2. The molecule has 0 aliphatic carbocycles. The summed E-state index contributed by atoms with van der Waals surface area (Å²) in [6.45, 7) is 4.38. The van der Waals surface area contributed by atoms with Crippen molar-refractivity contribution in [3.05, 3.63) is 53.1 Å². The average Bonchev–Trinajstić information content (AvgIpc) is 3.11. The average molecular weight is 434 g/mol. The summed E-state index contributed by atoms with van der Waals surface area (Å²) in [6.07, 6.45) is 2.86. The maximum atomic E-state index is 13.1. The van der Waals surface area contributed by atoms with Gasteiger partial charge in [0, 0.05) is 18.5 Å². The monoisotopic (exact) mass is 433 g/mol. The Labute approximate surface area is 187 Å². The maximum Gasteiger partial charge on any atom is 0.255 e. The van der Waals surface area contributed by atoms with Crippen LogP contribution in [0.15, 0.2) is 36.4 Å². The fourth-order valence-corrected chi connectivity index (χ4v) is 4.96. The molecule has 3 aliphatic heterocycles. The van der Waals surface area contributed by atoms with Crippen LogP contribution in [-0.4, -0.2) is 47.9 Å². The van der Waals surface area contributed by atoms with Crippen molar-refractivity contribution in [3.8, 4) is 16.9 Å². The number of imide groups is 1. The summed E-state index contributed by atoms with van der Waals surface area (Å²) in [7, 11) is 0. The van der Waals surface area contributed by atoms with Crippen LogP contribution in [0.4, 0.5) is 0 Å². The molecule has 32 heavy (non-hydrogen) atoms. The summed E-state index contributed by atoms with van der Waals surface area (Å²) in [6, 6.07) is 11.2. The lowest BCUT2D eigenvalue weighted by molar-refractivity contribution is -0.136. The standard InChI is InChI=1S/C25H27N3O4/c1-15-13-17(32-16-9-11-26-12-10-16)5-6-18(15)19-3-2-4-20-21(19)14-28(25(20)31)22-7-8-23(29)27-24(22)30/h2-6,13,16,22,26H,7-12,14H2,1H3,(H,27,29,30). The van der Waals surface area contributed by atoms with Crippen LogP contribution >= 0.6 is 0 Å². The zero-order valence-electron chi connectivity index (χ0n) is 18.1. The Morgan fingerprint density at radius 3 is 2.50 bits per heavy atom. The largest absolute Gasteiger partial charge is 0.490 e. The van der Waals surface area contributed by atoms with Gasteiger partial charge in [-0.05, 0) is 79.7 Å². The molecular weight excluding hydrogens is 406 g/mol. The Morgan fingerprint density at radius 2 is 1.75 bits per heavy atom. The summed E-state index contributed by atoms with van der Waals surface area (Å²) in [5.41, 5.74) is 4.68. The summed E-state index contributed by atoms with van der Waals surface area (Å²) in [5.74, 6) is 0.0462. The number of hydrogen-bond acceptors (Lipinski definition) is 5. The lowest BCUT2D eigenvalue weighted by Crippen LogP contribution is -2.52. The summed E-state index contributed by atoms with van der Waals surface area (Å²) >= 11 is 0. The maximum absolute atomic E-state index is 13.1. The third kappa shape index (κ3) is 3.77. The molecular formula is C25H27N3O4. The van der Waals surface area contributed by atoms with Crippen molar-refractivity contribution < 1.29 is 19.1 Å². The highest BCUT2D eigenvalue weighted by Crippen LogP contribution is 2.37. The summed E-state index contributed by atoms with van der Waals surface area (Å²) in [5, 5.41) is 5.71. The summed E-state index contributed by atoms with van der Waals surface area (Å²) in [4.78, 5) is 38.6. The van der Waals surface area contributed by atoms with Crippen molar-refractivity contribution in [3.63, 3.8) is 0 Å². The van der Waals surface area contributed by atoms with Gasteiger partial charge in [0.15, 0.2) is 0 Å². The lowest BCUT2D eigenvalue weighted by atomic mass is 9.94. The van der Waals surface area contributed by atoms with Crippen LogP contribution in [0, 0.1) is 6.92 Å². The van der Waals surface area contributed by atoms with Crippen LogP contribution in [0.5, 0.6) is 5.75 Å². The number of rotatable bonds is 4. The van der Waals surface area contributed by atoms with E-state index in [0.29, 0.717) is 18.5 Å². The van der Waals surface area contributed by atoms with E-state index in [0.717, 1.165) is 53.9 Å². The van der Waals surface area contributed by atoms with Gasteiger partial charge in [-0.25, -0.2) is 0 Å². The Kier molecular flexibility index (Phi) is 5.43. The summed E-state index contributed by atoms with van der Waals surface area (Å²) < 4.78 is 6.18. The molecule has 3 aliphatic rings. The second-order valence-electron chi connectivity index (χ2n) is 8.78. The van der Waals surface area contributed by atoms with Gasteiger partial charge in [0.05, 0.1) is 0 Å². The van der Waals surface area contributed by atoms with E-state index in [1.807, 2.05) is 24.3 Å². The predicted molar refractivity (Wildman–Crippen MR) is 119 cm³/mol. The first-order valence-corrected chi connectivity index (χ1v) is 11.3. The topological polar surface area (TPSA) is 87.7 Å². The van der Waals surface area contributed by atoms with Gasteiger partial charge in [-0.3, -0.25) is 19.7 Å². The second-order valence-corrected chi connectivity index (χ2v) is 8.78. The van der Waals surface area contributed by atoms with E-state index in [1.165, 1.54) is 0 Å². The van der Waals surface area contributed by atoms with Gasteiger partial charge in [0.1, 0.15) is 17.9 Å². The number of carbonyl (C=O) groups is 3. The Hall–Kier alpha value is -3.19. The Balaban J connectivity index is 1.41. The highest BCUT2D eigenvalue weighted by atomic mass is 16.5. The number of fused-ring (bicyclic) bond motifs is 1. The molecule has 0 bridgehead atoms. The van der Waals surface area contributed by atoms with E-state index in [9.17, 15) is 14.4 Å². The molecule has 0 saturated carbocycles. The van der Waals surface area contributed by atoms with Crippen LogP contribution in [-0.2, 0) is 16.1 Å². The van der Waals surface area contributed by atoms with E-state index in [4.69, 9.17) is 4.74 Å². The number of ether oxygens (including phenoxy) is 1.